The van der Waals surface area contributed by atoms with Gasteiger partial charge in [0.25, 0.3) is 5.91 Å². The van der Waals surface area contributed by atoms with Crippen LogP contribution in [0.4, 0.5) is 0 Å². The zero-order chi connectivity index (χ0) is 14.5. The molecule has 110 valence electrons. The van der Waals surface area contributed by atoms with E-state index >= 15 is 0 Å². The van der Waals surface area contributed by atoms with Gasteiger partial charge in [0, 0.05) is 12.6 Å². The van der Waals surface area contributed by atoms with Crippen molar-refractivity contribution in [3.8, 4) is 11.5 Å². The summed E-state index contributed by atoms with van der Waals surface area (Å²) < 4.78 is 0. The van der Waals surface area contributed by atoms with Crippen LogP contribution in [0, 0.1) is 5.92 Å². The lowest BCUT2D eigenvalue weighted by Crippen LogP contribution is -2.45. The average molecular weight is 278 g/mol. The number of aromatic hydroxyl groups is 2. The number of hydrogen-bond donors (Lipinski definition) is 4. The van der Waals surface area contributed by atoms with E-state index in [-0.39, 0.29) is 29.0 Å². The van der Waals surface area contributed by atoms with Crippen molar-refractivity contribution in [2.24, 2.45) is 11.7 Å². The second kappa shape index (κ2) is 6.61. The number of nitrogens with one attached hydrogen (secondary N) is 1. The first-order valence-electron chi connectivity index (χ1n) is 7.15. The number of amides is 1. The van der Waals surface area contributed by atoms with Crippen molar-refractivity contribution in [3.05, 3.63) is 23.8 Å². The van der Waals surface area contributed by atoms with Gasteiger partial charge in [-0.1, -0.05) is 25.3 Å². The molecule has 0 radical (unpaired) electrons. The van der Waals surface area contributed by atoms with Crippen LogP contribution in [0.1, 0.15) is 42.5 Å². The number of benzene rings is 1. The first-order valence-corrected chi connectivity index (χ1v) is 7.15. The molecule has 1 amide bonds. The Labute approximate surface area is 118 Å². The molecule has 1 saturated carbocycles. The van der Waals surface area contributed by atoms with E-state index < -0.39 is 0 Å². The van der Waals surface area contributed by atoms with Gasteiger partial charge in [0.05, 0.1) is 5.56 Å². The van der Waals surface area contributed by atoms with Gasteiger partial charge in [-0.2, -0.15) is 0 Å². The Kier molecular flexibility index (Phi) is 4.84. The minimum atomic E-state index is -0.389. The van der Waals surface area contributed by atoms with Crippen LogP contribution in [-0.2, 0) is 0 Å². The Morgan fingerprint density at radius 2 is 2.00 bits per heavy atom. The zero-order valence-corrected chi connectivity index (χ0v) is 11.5. The van der Waals surface area contributed by atoms with Crippen LogP contribution in [0.3, 0.4) is 0 Å². The second-order valence-corrected chi connectivity index (χ2v) is 5.39. The fraction of sp³-hybridized carbons (Fsp3) is 0.533. The average Bonchev–Trinajstić information content (AvgIpc) is 2.48. The molecule has 0 heterocycles. The van der Waals surface area contributed by atoms with Gasteiger partial charge in [-0.05, 0) is 30.9 Å². The minimum absolute atomic E-state index is 0.0791. The minimum Gasteiger partial charge on any atom is -0.504 e. The number of phenolic OH excluding ortho intramolecular Hbond substituents is 2. The van der Waals surface area contributed by atoms with Crippen molar-refractivity contribution >= 4 is 5.91 Å². The monoisotopic (exact) mass is 278 g/mol. The van der Waals surface area contributed by atoms with Gasteiger partial charge in [0.2, 0.25) is 0 Å². The number of carbonyl (C=O) groups excluding carboxylic acids is 1. The first-order chi connectivity index (χ1) is 9.63. The van der Waals surface area contributed by atoms with E-state index in [1.54, 1.807) is 0 Å². The van der Waals surface area contributed by atoms with Crippen LogP contribution < -0.4 is 11.1 Å². The summed E-state index contributed by atoms with van der Waals surface area (Å²) in [6.45, 7) is 0.385. The molecule has 20 heavy (non-hydrogen) atoms. The molecular weight excluding hydrogens is 256 g/mol. The van der Waals surface area contributed by atoms with Gasteiger partial charge in [0.1, 0.15) is 0 Å². The summed E-state index contributed by atoms with van der Waals surface area (Å²) in [5.74, 6) is -0.666. The highest BCUT2D eigenvalue weighted by molar-refractivity contribution is 5.97. The fourth-order valence-corrected chi connectivity index (χ4v) is 2.87. The van der Waals surface area contributed by atoms with E-state index in [1.165, 1.54) is 37.5 Å². The number of carbonyl (C=O) groups is 1. The molecule has 5 nitrogen and oxygen atoms in total. The quantitative estimate of drug-likeness (QED) is 0.631. The van der Waals surface area contributed by atoms with E-state index in [0.29, 0.717) is 12.5 Å². The molecule has 1 aliphatic carbocycles. The summed E-state index contributed by atoms with van der Waals surface area (Å²) in [6, 6.07) is 4.28. The van der Waals surface area contributed by atoms with Crippen molar-refractivity contribution < 1.29 is 15.0 Å². The smallest absolute Gasteiger partial charge is 0.255 e. The Bertz CT molecular complexity index is 470. The maximum absolute atomic E-state index is 12.2. The zero-order valence-electron chi connectivity index (χ0n) is 11.5. The summed E-state index contributed by atoms with van der Waals surface area (Å²) >= 11 is 0. The lowest BCUT2D eigenvalue weighted by atomic mass is 9.84. The summed E-state index contributed by atoms with van der Waals surface area (Å²) in [4.78, 5) is 12.2. The third kappa shape index (κ3) is 3.22. The molecular formula is C15H22N2O3. The molecule has 2 rings (SSSR count). The highest BCUT2D eigenvalue weighted by atomic mass is 16.3. The summed E-state index contributed by atoms with van der Waals surface area (Å²) in [5, 5.41) is 22.0. The van der Waals surface area contributed by atoms with Crippen molar-refractivity contribution in [3.63, 3.8) is 0 Å². The largest absolute Gasteiger partial charge is 0.504 e. The maximum atomic E-state index is 12.2. The molecule has 0 saturated heterocycles. The van der Waals surface area contributed by atoms with Gasteiger partial charge >= 0.3 is 0 Å². The predicted molar refractivity (Wildman–Crippen MR) is 76.7 cm³/mol. The number of phenols is 2. The summed E-state index contributed by atoms with van der Waals surface area (Å²) in [6.07, 6.45) is 5.75. The van der Waals surface area contributed by atoms with Gasteiger partial charge in [-0.3, -0.25) is 4.79 Å². The Morgan fingerprint density at radius 1 is 1.30 bits per heavy atom. The van der Waals surface area contributed by atoms with Gasteiger partial charge < -0.3 is 21.3 Å². The van der Waals surface area contributed by atoms with Gasteiger partial charge in [0.15, 0.2) is 11.5 Å². The number of nitrogens with two attached hydrogens (primary N) is 1. The Morgan fingerprint density at radius 3 is 2.65 bits per heavy atom. The third-order valence-electron chi connectivity index (χ3n) is 4.05. The molecule has 5 N–H and O–H groups in total. The van der Waals surface area contributed by atoms with Crippen molar-refractivity contribution in [2.45, 2.75) is 38.1 Å². The molecule has 1 unspecified atom stereocenters. The summed E-state index contributed by atoms with van der Waals surface area (Å²) in [7, 11) is 0. The lowest BCUT2D eigenvalue weighted by molar-refractivity contribution is 0.0912. The van der Waals surface area contributed by atoms with Crippen LogP contribution in [0.2, 0.25) is 0 Å². The molecule has 0 aromatic heterocycles. The molecule has 1 aromatic carbocycles. The standard InChI is InChI=1S/C15H22N2O3/c16-9-12(10-5-2-1-3-6-10)17-15(20)11-7-4-8-13(18)14(11)19/h4,7-8,10,12,18-19H,1-3,5-6,9,16H2,(H,17,20). The predicted octanol–water partition coefficient (Wildman–Crippen LogP) is 1.74. The van der Waals surface area contributed by atoms with E-state index in [0.717, 1.165) is 12.8 Å². The van der Waals surface area contributed by atoms with E-state index in [1.807, 2.05) is 0 Å². The van der Waals surface area contributed by atoms with E-state index in [2.05, 4.69) is 5.32 Å². The van der Waals surface area contributed by atoms with Crippen LogP contribution in [0.15, 0.2) is 18.2 Å². The van der Waals surface area contributed by atoms with Crippen molar-refractivity contribution in [1.29, 1.82) is 0 Å². The third-order valence-corrected chi connectivity index (χ3v) is 4.05. The highest BCUT2D eigenvalue weighted by Gasteiger charge is 2.25. The molecule has 5 heteroatoms. The second-order valence-electron chi connectivity index (χ2n) is 5.39. The van der Waals surface area contributed by atoms with Crippen molar-refractivity contribution in [1.82, 2.24) is 5.32 Å². The molecule has 1 atom stereocenters. The highest BCUT2D eigenvalue weighted by Crippen LogP contribution is 2.29. The molecule has 0 bridgehead atoms. The lowest BCUT2D eigenvalue weighted by Gasteiger charge is -2.30. The number of para-hydroxylation sites is 1. The summed E-state index contributed by atoms with van der Waals surface area (Å²) in [5.41, 5.74) is 5.85. The van der Waals surface area contributed by atoms with E-state index in [4.69, 9.17) is 5.73 Å². The topological polar surface area (TPSA) is 95.6 Å². The molecule has 1 fully saturated rings. The number of rotatable bonds is 4. The first kappa shape index (κ1) is 14.7. The Balaban J connectivity index is 2.06. The SMILES string of the molecule is NCC(NC(=O)c1cccc(O)c1O)C1CCCCC1. The Hall–Kier alpha value is -1.75. The fourth-order valence-electron chi connectivity index (χ4n) is 2.87. The molecule has 0 spiro atoms. The van der Waals surface area contributed by atoms with Crippen LogP contribution in [0.5, 0.6) is 11.5 Å². The van der Waals surface area contributed by atoms with E-state index in [9.17, 15) is 15.0 Å². The molecule has 1 aromatic rings. The van der Waals surface area contributed by atoms with Crippen LogP contribution in [-0.4, -0.2) is 28.7 Å². The maximum Gasteiger partial charge on any atom is 0.255 e. The van der Waals surface area contributed by atoms with Crippen LogP contribution in [0.25, 0.3) is 0 Å². The van der Waals surface area contributed by atoms with Crippen molar-refractivity contribution in [2.75, 3.05) is 6.54 Å². The number of hydrogen-bond acceptors (Lipinski definition) is 4. The molecule has 0 aliphatic heterocycles. The molecule has 1 aliphatic rings. The normalized spacial score (nSPS) is 17.6. The van der Waals surface area contributed by atoms with Gasteiger partial charge in [-0.25, -0.2) is 0 Å². The van der Waals surface area contributed by atoms with Crippen LogP contribution >= 0.6 is 0 Å². The van der Waals surface area contributed by atoms with Gasteiger partial charge in [-0.15, -0.1) is 0 Å².